The second kappa shape index (κ2) is 5.31. The summed E-state index contributed by atoms with van der Waals surface area (Å²) < 4.78 is 14.1. The van der Waals surface area contributed by atoms with Crippen LogP contribution in [0, 0.1) is 19.7 Å². The monoisotopic (exact) mass is 296 g/mol. The minimum atomic E-state index is -0.567. The van der Waals surface area contributed by atoms with Gasteiger partial charge in [0.25, 0.3) is 0 Å². The van der Waals surface area contributed by atoms with E-state index >= 15 is 0 Å². The van der Waals surface area contributed by atoms with Gasteiger partial charge in [0.2, 0.25) is 0 Å². The smallest absolute Gasteiger partial charge is 0.159 e. The van der Waals surface area contributed by atoms with Crippen LogP contribution in [-0.2, 0) is 0 Å². The molecule has 0 spiro atoms. The van der Waals surface area contributed by atoms with Crippen LogP contribution >= 0.6 is 23.4 Å². The molecule has 0 amide bonds. The van der Waals surface area contributed by atoms with Gasteiger partial charge in [-0.2, -0.15) is 0 Å². The molecule has 0 aliphatic carbocycles. The summed E-state index contributed by atoms with van der Waals surface area (Å²) in [6.07, 6.45) is 0. The average molecular weight is 297 g/mol. The maximum atomic E-state index is 14.1. The third-order valence-electron chi connectivity index (χ3n) is 2.92. The van der Waals surface area contributed by atoms with Crippen LogP contribution in [0.2, 0.25) is 5.02 Å². The van der Waals surface area contributed by atoms with E-state index in [4.69, 9.17) is 23.1 Å². The highest BCUT2D eigenvalue weighted by Crippen LogP contribution is 2.40. The molecule has 0 bridgehead atoms. The summed E-state index contributed by atoms with van der Waals surface area (Å²) in [5.41, 5.74) is 14.2. The van der Waals surface area contributed by atoms with Gasteiger partial charge in [0.05, 0.1) is 16.3 Å². The molecular formula is C14H14ClFN2S. The minimum Gasteiger partial charge on any atom is -0.398 e. The molecule has 0 aliphatic rings. The molecule has 0 atom stereocenters. The first-order valence-corrected chi connectivity index (χ1v) is 6.87. The Bertz CT molecular complexity index is 644. The number of rotatable bonds is 2. The van der Waals surface area contributed by atoms with Gasteiger partial charge in [-0.1, -0.05) is 29.4 Å². The molecule has 0 unspecified atom stereocenters. The van der Waals surface area contributed by atoms with E-state index in [0.717, 1.165) is 10.5 Å². The molecular weight excluding hydrogens is 283 g/mol. The number of anilines is 2. The summed E-state index contributed by atoms with van der Waals surface area (Å²) in [6, 6.07) is 7.39. The first kappa shape index (κ1) is 14.0. The summed E-state index contributed by atoms with van der Waals surface area (Å²) in [5.74, 6) is -0.567. The van der Waals surface area contributed by atoms with Crippen molar-refractivity contribution in [3.8, 4) is 0 Å². The van der Waals surface area contributed by atoms with Crippen molar-refractivity contribution < 1.29 is 4.39 Å². The Morgan fingerprint density at radius 2 is 1.74 bits per heavy atom. The van der Waals surface area contributed by atoms with Crippen LogP contribution < -0.4 is 11.5 Å². The van der Waals surface area contributed by atoms with Crippen molar-refractivity contribution in [2.24, 2.45) is 0 Å². The van der Waals surface area contributed by atoms with E-state index in [1.165, 1.54) is 23.4 Å². The van der Waals surface area contributed by atoms with E-state index in [-0.39, 0.29) is 10.7 Å². The van der Waals surface area contributed by atoms with Crippen molar-refractivity contribution in [1.82, 2.24) is 0 Å². The summed E-state index contributed by atoms with van der Waals surface area (Å²) in [4.78, 5) is 1.22. The first-order chi connectivity index (χ1) is 8.90. The van der Waals surface area contributed by atoms with Gasteiger partial charge in [-0.25, -0.2) is 4.39 Å². The lowest BCUT2D eigenvalue weighted by Gasteiger charge is -2.11. The molecule has 19 heavy (non-hydrogen) atoms. The minimum absolute atomic E-state index is 0.0828. The zero-order valence-corrected chi connectivity index (χ0v) is 12.2. The predicted octanol–water partition coefficient (Wildman–Crippen LogP) is 4.41. The molecule has 5 heteroatoms. The molecule has 2 nitrogen and oxygen atoms in total. The zero-order valence-electron chi connectivity index (χ0n) is 10.6. The van der Waals surface area contributed by atoms with Gasteiger partial charge >= 0.3 is 0 Å². The Balaban J connectivity index is 2.43. The van der Waals surface area contributed by atoms with Gasteiger partial charge < -0.3 is 11.5 Å². The van der Waals surface area contributed by atoms with Crippen molar-refractivity contribution in [2.75, 3.05) is 11.5 Å². The molecule has 0 aliphatic heterocycles. The van der Waals surface area contributed by atoms with E-state index in [0.29, 0.717) is 10.6 Å². The fourth-order valence-electron chi connectivity index (χ4n) is 1.65. The van der Waals surface area contributed by atoms with E-state index < -0.39 is 5.82 Å². The first-order valence-electron chi connectivity index (χ1n) is 5.68. The van der Waals surface area contributed by atoms with Gasteiger partial charge in [0.1, 0.15) is 5.02 Å². The van der Waals surface area contributed by atoms with Crippen LogP contribution in [0.15, 0.2) is 34.1 Å². The van der Waals surface area contributed by atoms with Crippen molar-refractivity contribution in [3.63, 3.8) is 0 Å². The fraction of sp³-hybridized carbons (Fsp3) is 0.143. The van der Waals surface area contributed by atoms with Crippen molar-refractivity contribution in [2.45, 2.75) is 23.6 Å². The normalized spacial score (nSPS) is 10.7. The molecule has 0 saturated carbocycles. The summed E-state index contributed by atoms with van der Waals surface area (Å²) in [6.45, 7) is 4.04. The Morgan fingerprint density at radius 3 is 2.37 bits per heavy atom. The SMILES string of the molecule is Cc1ccc(Sc2c(N)cc(N)c(Cl)c2F)cc1C. The Kier molecular flexibility index (Phi) is 3.92. The topological polar surface area (TPSA) is 52.0 Å². The van der Waals surface area contributed by atoms with Gasteiger partial charge in [-0.05, 0) is 43.2 Å². The van der Waals surface area contributed by atoms with Crippen LogP contribution in [0.4, 0.5) is 15.8 Å². The molecule has 0 saturated heterocycles. The summed E-state index contributed by atoms with van der Waals surface area (Å²) in [7, 11) is 0. The molecule has 0 radical (unpaired) electrons. The van der Waals surface area contributed by atoms with E-state index in [1.54, 1.807) is 0 Å². The second-order valence-corrected chi connectivity index (χ2v) is 5.82. The molecule has 2 aromatic carbocycles. The van der Waals surface area contributed by atoms with Crippen molar-refractivity contribution >= 4 is 34.7 Å². The van der Waals surface area contributed by atoms with Gasteiger partial charge in [-0.15, -0.1) is 0 Å². The number of hydrogen-bond donors (Lipinski definition) is 2. The summed E-state index contributed by atoms with van der Waals surface area (Å²) in [5, 5.41) is -0.0828. The Morgan fingerprint density at radius 1 is 1.05 bits per heavy atom. The molecule has 0 aromatic heterocycles. The lowest BCUT2D eigenvalue weighted by Crippen LogP contribution is -1.98. The lowest BCUT2D eigenvalue weighted by molar-refractivity contribution is 0.604. The van der Waals surface area contributed by atoms with Gasteiger partial charge in [-0.3, -0.25) is 0 Å². The Labute approximate surface area is 120 Å². The lowest BCUT2D eigenvalue weighted by atomic mass is 10.1. The maximum Gasteiger partial charge on any atom is 0.159 e. The number of hydrogen-bond acceptors (Lipinski definition) is 3. The van der Waals surface area contributed by atoms with Crippen LogP contribution in [-0.4, -0.2) is 0 Å². The molecule has 2 aromatic rings. The number of aryl methyl sites for hydroxylation is 2. The van der Waals surface area contributed by atoms with Gasteiger partial charge in [0.15, 0.2) is 5.82 Å². The van der Waals surface area contributed by atoms with Crippen LogP contribution in [0.1, 0.15) is 11.1 Å². The molecule has 2 rings (SSSR count). The van der Waals surface area contributed by atoms with E-state index in [1.807, 2.05) is 32.0 Å². The van der Waals surface area contributed by atoms with E-state index in [9.17, 15) is 4.39 Å². The largest absolute Gasteiger partial charge is 0.398 e. The van der Waals surface area contributed by atoms with E-state index in [2.05, 4.69) is 0 Å². The fourth-order valence-corrected chi connectivity index (χ4v) is 2.83. The van der Waals surface area contributed by atoms with Gasteiger partial charge in [0, 0.05) is 4.90 Å². The van der Waals surface area contributed by atoms with Crippen LogP contribution in [0.25, 0.3) is 0 Å². The van der Waals surface area contributed by atoms with Crippen molar-refractivity contribution in [1.29, 1.82) is 0 Å². The highest BCUT2D eigenvalue weighted by Gasteiger charge is 2.15. The number of nitrogen functional groups attached to an aromatic ring is 2. The number of benzene rings is 2. The van der Waals surface area contributed by atoms with Crippen molar-refractivity contribution in [3.05, 3.63) is 46.2 Å². The maximum absolute atomic E-state index is 14.1. The quantitative estimate of drug-likeness (QED) is 0.807. The number of halogens is 2. The predicted molar refractivity (Wildman–Crippen MR) is 80.3 cm³/mol. The summed E-state index contributed by atoms with van der Waals surface area (Å²) >= 11 is 7.06. The molecule has 4 N–H and O–H groups in total. The van der Waals surface area contributed by atoms with Crippen LogP contribution in [0.5, 0.6) is 0 Å². The second-order valence-electron chi connectivity index (χ2n) is 4.36. The third kappa shape index (κ3) is 2.80. The van der Waals surface area contributed by atoms with Crippen LogP contribution in [0.3, 0.4) is 0 Å². The number of nitrogens with two attached hydrogens (primary N) is 2. The average Bonchev–Trinajstić information content (AvgIpc) is 2.36. The highest BCUT2D eigenvalue weighted by molar-refractivity contribution is 7.99. The molecule has 0 heterocycles. The Hall–Kier alpha value is -1.39. The standard InChI is InChI=1S/C14H14ClFN2S/c1-7-3-4-9(5-8(7)2)19-14-11(18)6-10(17)12(15)13(14)16/h3-6H,17-18H2,1-2H3. The molecule has 0 fully saturated rings. The highest BCUT2D eigenvalue weighted by atomic mass is 35.5. The zero-order chi connectivity index (χ0) is 14.2. The molecule has 100 valence electrons. The third-order valence-corrected chi connectivity index (χ3v) is 4.41.